The summed E-state index contributed by atoms with van der Waals surface area (Å²) in [6.45, 7) is 0. The highest BCUT2D eigenvalue weighted by molar-refractivity contribution is 6.02. The first-order valence-corrected chi connectivity index (χ1v) is 8.85. The van der Waals surface area contributed by atoms with Crippen LogP contribution < -0.4 is 10.5 Å². The number of nitrogens with two attached hydrogens (primary N) is 1. The molecule has 0 atom stereocenters. The molecule has 4 rings (SSSR count). The van der Waals surface area contributed by atoms with Crippen LogP contribution in [-0.4, -0.2) is 17.1 Å². The van der Waals surface area contributed by atoms with Crippen molar-refractivity contribution in [1.82, 2.24) is 4.98 Å². The summed E-state index contributed by atoms with van der Waals surface area (Å²) < 4.78 is 48.3. The monoisotopic (exact) mass is 423 g/mol. The Balaban J connectivity index is 1.95. The Morgan fingerprint density at radius 3 is 2.48 bits per heavy atom. The first-order chi connectivity index (χ1) is 14.8. The number of halogens is 3. The van der Waals surface area contributed by atoms with Crippen molar-refractivity contribution in [2.75, 3.05) is 5.73 Å². The van der Waals surface area contributed by atoms with Crippen molar-refractivity contribution in [3.63, 3.8) is 0 Å². The summed E-state index contributed by atoms with van der Waals surface area (Å²) in [5, 5.41) is 10.2. The number of carbonyl (C=O) groups is 1. The van der Waals surface area contributed by atoms with Gasteiger partial charge in [-0.25, -0.2) is 9.78 Å². The summed E-state index contributed by atoms with van der Waals surface area (Å²) >= 11 is 0. The topological polar surface area (TPSA) is 102 Å². The molecule has 2 N–H and O–H groups in total. The largest absolute Gasteiger partial charge is 0.491 e. The van der Waals surface area contributed by atoms with Crippen molar-refractivity contribution < 1.29 is 27.1 Å². The van der Waals surface area contributed by atoms with Gasteiger partial charge in [0, 0.05) is 16.5 Å². The van der Waals surface area contributed by atoms with Gasteiger partial charge in [-0.2, -0.15) is 18.4 Å². The van der Waals surface area contributed by atoms with Crippen LogP contribution in [0.25, 0.3) is 33.4 Å². The van der Waals surface area contributed by atoms with Gasteiger partial charge in [0.2, 0.25) is 0 Å². The molecule has 2 aromatic carbocycles. The number of carbonyl (C=O) groups excluding carboxylic acids is 1. The van der Waals surface area contributed by atoms with E-state index in [2.05, 4.69) is 9.72 Å². The minimum atomic E-state index is -5.15. The summed E-state index contributed by atoms with van der Waals surface area (Å²) in [7, 11) is 0. The molecule has 2 aromatic heterocycles. The number of rotatable bonds is 3. The van der Waals surface area contributed by atoms with E-state index in [1.165, 1.54) is 18.4 Å². The number of fused-ring (bicyclic) bond motifs is 1. The zero-order valence-corrected chi connectivity index (χ0v) is 15.6. The molecule has 0 bridgehead atoms. The van der Waals surface area contributed by atoms with Crippen molar-refractivity contribution >= 4 is 22.6 Å². The number of esters is 1. The normalized spacial score (nSPS) is 11.3. The van der Waals surface area contributed by atoms with E-state index >= 15 is 0 Å². The number of hydrogen-bond donors (Lipinski definition) is 1. The fourth-order valence-electron chi connectivity index (χ4n) is 3.21. The number of alkyl halides is 3. The molecule has 0 fully saturated rings. The first-order valence-electron chi connectivity index (χ1n) is 8.85. The molecular formula is C22H12F3N3O3. The maximum Gasteiger partial charge on any atom is 0.491 e. The maximum atomic E-state index is 12.8. The Kier molecular flexibility index (Phi) is 4.83. The van der Waals surface area contributed by atoms with Gasteiger partial charge in [0.25, 0.3) is 0 Å². The van der Waals surface area contributed by atoms with E-state index in [0.29, 0.717) is 22.3 Å². The first kappa shape index (κ1) is 20.0. The number of furan rings is 1. The molecule has 4 aromatic rings. The molecule has 0 aliphatic heterocycles. The molecule has 0 spiro atoms. The van der Waals surface area contributed by atoms with Crippen molar-refractivity contribution in [2.24, 2.45) is 0 Å². The van der Waals surface area contributed by atoms with Crippen LogP contribution in [0.1, 0.15) is 5.56 Å². The van der Waals surface area contributed by atoms with E-state index in [1.54, 1.807) is 42.5 Å². The highest BCUT2D eigenvalue weighted by Gasteiger charge is 2.41. The van der Waals surface area contributed by atoms with Gasteiger partial charge in [-0.3, -0.25) is 0 Å². The standard InChI is InChI=1S/C22H12F3N3O3/c23-22(24,25)21(29)31-18-7-2-5-12-4-1-6-13(19(12)18)16-10-14(17-8-3-9-30-17)15(11-26)20(27)28-16/h1-10H,(H2,27,28). The van der Waals surface area contributed by atoms with Gasteiger partial charge in [0.15, 0.2) is 0 Å². The zero-order chi connectivity index (χ0) is 22.2. The predicted molar refractivity (Wildman–Crippen MR) is 106 cm³/mol. The number of nitrogens with zero attached hydrogens (tertiary/aromatic N) is 2. The number of aromatic nitrogens is 1. The van der Waals surface area contributed by atoms with Crippen LogP contribution in [0.15, 0.2) is 65.3 Å². The SMILES string of the molecule is N#Cc1c(-c2ccco2)cc(-c2cccc3cccc(OC(=O)C(F)(F)F)c23)nc1N. The van der Waals surface area contributed by atoms with E-state index in [-0.39, 0.29) is 28.2 Å². The van der Waals surface area contributed by atoms with Gasteiger partial charge in [-0.15, -0.1) is 0 Å². The van der Waals surface area contributed by atoms with E-state index < -0.39 is 12.1 Å². The average molecular weight is 423 g/mol. The van der Waals surface area contributed by atoms with Crippen LogP contribution in [0.3, 0.4) is 0 Å². The van der Waals surface area contributed by atoms with Crippen molar-refractivity contribution in [1.29, 1.82) is 5.26 Å². The number of benzene rings is 2. The molecule has 0 saturated carbocycles. The van der Waals surface area contributed by atoms with Gasteiger partial charge in [-0.1, -0.05) is 30.3 Å². The molecule has 9 heteroatoms. The zero-order valence-electron chi connectivity index (χ0n) is 15.6. The lowest BCUT2D eigenvalue weighted by Crippen LogP contribution is -2.28. The van der Waals surface area contributed by atoms with Crippen molar-refractivity contribution in [3.05, 3.63) is 66.4 Å². The minimum absolute atomic E-state index is 0.0758. The molecule has 154 valence electrons. The molecule has 0 radical (unpaired) electrons. The lowest BCUT2D eigenvalue weighted by atomic mass is 9.98. The second-order valence-corrected chi connectivity index (χ2v) is 6.45. The van der Waals surface area contributed by atoms with Crippen molar-refractivity contribution in [3.8, 4) is 34.4 Å². The van der Waals surface area contributed by atoms with Crippen LogP contribution in [0, 0.1) is 11.3 Å². The maximum absolute atomic E-state index is 12.8. The third-order valence-corrected chi connectivity index (χ3v) is 4.52. The number of nitriles is 1. The molecule has 0 aliphatic carbocycles. The molecular weight excluding hydrogens is 411 g/mol. The molecule has 2 heterocycles. The Hall–Kier alpha value is -4.32. The molecule has 0 aliphatic rings. The number of anilines is 1. The lowest BCUT2D eigenvalue weighted by Gasteiger charge is -2.14. The van der Waals surface area contributed by atoms with Gasteiger partial charge in [-0.05, 0) is 29.7 Å². The van der Waals surface area contributed by atoms with Crippen molar-refractivity contribution in [2.45, 2.75) is 6.18 Å². The van der Waals surface area contributed by atoms with Gasteiger partial charge in [0.1, 0.15) is 29.0 Å². The lowest BCUT2D eigenvalue weighted by molar-refractivity contribution is -0.189. The third-order valence-electron chi connectivity index (χ3n) is 4.52. The summed E-state index contributed by atoms with van der Waals surface area (Å²) in [4.78, 5) is 15.7. The van der Waals surface area contributed by atoms with Crippen LogP contribution >= 0.6 is 0 Å². The number of nitrogen functional groups attached to an aromatic ring is 1. The average Bonchev–Trinajstić information content (AvgIpc) is 3.27. The summed E-state index contributed by atoms with van der Waals surface area (Å²) in [6, 6.07) is 16.1. The van der Waals surface area contributed by atoms with Crippen LogP contribution in [-0.2, 0) is 4.79 Å². The van der Waals surface area contributed by atoms with Gasteiger partial charge < -0.3 is 14.9 Å². The smallest absolute Gasteiger partial charge is 0.464 e. The summed E-state index contributed by atoms with van der Waals surface area (Å²) in [5.74, 6) is -2.32. The Morgan fingerprint density at radius 2 is 1.84 bits per heavy atom. The van der Waals surface area contributed by atoms with E-state index in [1.807, 2.05) is 6.07 Å². The molecule has 6 nitrogen and oxygen atoms in total. The van der Waals surface area contributed by atoms with E-state index in [4.69, 9.17) is 10.2 Å². The third kappa shape index (κ3) is 3.67. The molecule has 0 saturated heterocycles. The minimum Gasteiger partial charge on any atom is -0.464 e. The van der Waals surface area contributed by atoms with E-state index in [9.17, 15) is 23.2 Å². The Morgan fingerprint density at radius 1 is 1.10 bits per heavy atom. The highest BCUT2D eigenvalue weighted by atomic mass is 19.4. The highest BCUT2D eigenvalue weighted by Crippen LogP contribution is 2.38. The quantitative estimate of drug-likeness (QED) is 0.364. The van der Waals surface area contributed by atoms with Gasteiger partial charge in [0.05, 0.1) is 12.0 Å². The summed E-state index contributed by atoms with van der Waals surface area (Å²) in [5.41, 5.74) is 7.09. The fourth-order valence-corrected chi connectivity index (χ4v) is 3.21. The van der Waals surface area contributed by atoms with E-state index in [0.717, 1.165) is 0 Å². The molecule has 31 heavy (non-hydrogen) atoms. The second kappa shape index (κ2) is 7.50. The van der Waals surface area contributed by atoms with Crippen LogP contribution in [0.4, 0.5) is 19.0 Å². The fraction of sp³-hybridized carbons (Fsp3) is 0.0455. The number of pyridine rings is 1. The predicted octanol–water partition coefficient (Wildman–Crippen LogP) is 5.08. The Bertz CT molecular complexity index is 1330. The van der Waals surface area contributed by atoms with Crippen LogP contribution in [0.2, 0.25) is 0 Å². The molecule has 0 amide bonds. The summed E-state index contributed by atoms with van der Waals surface area (Å²) in [6.07, 6.45) is -3.72. The van der Waals surface area contributed by atoms with Gasteiger partial charge >= 0.3 is 12.1 Å². The molecule has 0 unspecified atom stereocenters. The number of ether oxygens (including phenoxy) is 1. The van der Waals surface area contributed by atoms with Crippen LogP contribution in [0.5, 0.6) is 5.75 Å². The Labute approximate surface area is 173 Å². The number of hydrogen-bond acceptors (Lipinski definition) is 6. The second-order valence-electron chi connectivity index (χ2n) is 6.45.